The van der Waals surface area contributed by atoms with Gasteiger partial charge < -0.3 is 9.32 Å². The van der Waals surface area contributed by atoms with E-state index in [0.29, 0.717) is 0 Å². The van der Waals surface area contributed by atoms with Gasteiger partial charge in [-0.1, -0.05) is 188 Å². The predicted molar refractivity (Wildman–Crippen MR) is 261 cm³/mol. The topological polar surface area (TPSA) is 16.4 Å². The third-order valence-electron chi connectivity index (χ3n) is 13.5. The first-order valence-corrected chi connectivity index (χ1v) is 21.8. The molecule has 11 aromatic rings. The lowest BCUT2D eigenvalue weighted by molar-refractivity contribution is 0.668. The predicted octanol–water partition coefficient (Wildman–Crippen LogP) is 16.4. The van der Waals surface area contributed by atoms with Crippen molar-refractivity contribution in [3.63, 3.8) is 0 Å². The van der Waals surface area contributed by atoms with Crippen LogP contribution in [-0.2, 0) is 5.41 Å². The first-order chi connectivity index (χ1) is 31.3. The molecule has 2 nitrogen and oxygen atoms in total. The molecule has 0 aliphatic heterocycles. The van der Waals surface area contributed by atoms with E-state index < -0.39 is 5.41 Å². The Morgan fingerprint density at radius 1 is 0.317 bits per heavy atom. The highest BCUT2D eigenvalue weighted by Crippen LogP contribution is 2.66. The molecule has 13 rings (SSSR count). The average Bonchev–Trinajstić information content (AvgIpc) is 3.99. The van der Waals surface area contributed by atoms with Crippen molar-refractivity contribution in [3.05, 3.63) is 259 Å². The Bertz CT molecular complexity index is 3470. The third-order valence-corrected chi connectivity index (χ3v) is 13.5. The Kier molecular flexibility index (Phi) is 7.85. The van der Waals surface area contributed by atoms with E-state index in [1.54, 1.807) is 0 Å². The van der Waals surface area contributed by atoms with Crippen LogP contribution in [0.2, 0.25) is 0 Å². The van der Waals surface area contributed by atoms with Crippen LogP contribution < -0.4 is 4.90 Å². The normalized spacial score (nSPS) is 14.4. The van der Waals surface area contributed by atoms with Crippen LogP contribution in [0.1, 0.15) is 22.3 Å². The van der Waals surface area contributed by atoms with Gasteiger partial charge in [0.25, 0.3) is 0 Å². The number of furan rings is 1. The van der Waals surface area contributed by atoms with Crippen molar-refractivity contribution in [1.29, 1.82) is 0 Å². The Hall–Kier alpha value is -8.20. The summed E-state index contributed by atoms with van der Waals surface area (Å²) in [5.74, 6) is 0. The molecule has 1 heterocycles. The second-order valence-electron chi connectivity index (χ2n) is 16.7. The number of fused-ring (bicyclic) bond motifs is 14. The van der Waals surface area contributed by atoms with Gasteiger partial charge in [0.05, 0.1) is 5.41 Å². The first kappa shape index (κ1) is 35.5. The maximum atomic E-state index is 6.54. The van der Waals surface area contributed by atoms with E-state index >= 15 is 0 Å². The molecule has 1 aromatic heterocycles. The van der Waals surface area contributed by atoms with Crippen molar-refractivity contribution in [2.45, 2.75) is 5.41 Å². The van der Waals surface area contributed by atoms with E-state index in [-0.39, 0.29) is 0 Å². The van der Waals surface area contributed by atoms with E-state index in [0.717, 1.165) is 33.6 Å². The molecule has 0 fully saturated rings. The van der Waals surface area contributed by atoms with Crippen molar-refractivity contribution in [2.24, 2.45) is 0 Å². The number of hydrogen-bond acceptors (Lipinski definition) is 2. The molecule has 1 unspecified atom stereocenters. The number of para-hydroxylation sites is 1. The molecule has 294 valence electrons. The maximum Gasteiger partial charge on any atom is 0.136 e. The van der Waals surface area contributed by atoms with Crippen LogP contribution in [0.25, 0.3) is 77.6 Å². The van der Waals surface area contributed by atoms with Gasteiger partial charge in [-0.2, -0.15) is 0 Å². The van der Waals surface area contributed by atoms with E-state index in [9.17, 15) is 0 Å². The fraction of sp³-hybridized carbons (Fsp3) is 0.0164. The smallest absolute Gasteiger partial charge is 0.136 e. The average molecular weight is 802 g/mol. The molecule has 63 heavy (non-hydrogen) atoms. The number of nitrogens with zero attached hydrogens (tertiary/aromatic N) is 1. The van der Waals surface area contributed by atoms with Crippen LogP contribution in [0.3, 0.4) is 0 Å². The van der Waals surface area contributed by atoms with Gasteiger partial charge in [-0.25, -0.2) is 0 Å². The van der Waals surface area contributed by atoms with Gasteiger partial charge >= 0.3 is 0 Å². The lowest BCUT2D eigenvalue weighted by Gasteiger charge is -2.32. The van der Waals surface area contributed by atoms with Gasteiger partial charge in [-0.3, -0.25) is 0 Å². The number of rotatable bonds is 6. The summed E-state index contributed by atoms with van der Waals surface area (Å²) in [6.07, 6.45) is 0. The Labute approximate surface area is 366 Å². The van der Waals surface area contributed by atoms with Crippen LogP contribution >= 0.6 is 0 Å². The van der Waals surface area contributed by atoms with Crippen LogP contribution in [0.15, 0.2) is 241 Å². The summed E-state index contributed by atoms with van der Waals surface area (Å²) in [5, 5.41) is 2.34. The van der Waals surface area contributed by atoms with Gasteiger partial charge in [-0.05, 0) is 126 Å². The Balaban J connectivity index is 1.02. The zero-order valence-corrected chi connectivity index (χ0v) is 34.4. The summed E-state index contributed by atoms with van der Waals surface area (Å²) in [4.78, 5) is 2.39. The molecule has 0 amide bonds. The van der Waals surface area contributed by atoms with Crippen molar-refractivity contribution in [3.8, 4) is 55.6 Å². The third kappa shape index (κ3) is 5.25. The molecule has 1 atom stereocenters. The summed E-state index contributed by atoms with van der Waals surface area (Å²) < 4.78 is 6.54. The van der Waals surface area contributed by atoms with Gasteiger partial charge in [0, 0.05) is 27.8 Å². The largest absolute Gasteiger partial charge is 0.456 e. The molecule has 2 heteroatoms. The van der Waals surface area contributed by atoms with Crippen LogP contribution in [0.4, 0.5) is 17.1 Å². The molecule has 0 bridgehead atoms. The molecule has 0 radical (unpaired) electrons. The minimum atomic E-state index is -0.544. The van der Waals surface area contributed by atoms with Crippen LogP contribution in [0, 0.1) is 0 Å². The van der Waals surface area contributed by atoms with Crippen LogP contribution in [0.5, 0.6) is 0 Å². The summed E-state index contributed by atoms with van der Waals surface area (Å²) in [5.41, 5.74) is 22.1. The minimum Gasteiger partial charge on any atom is -0.456 e. The summed E-state index contributed by atoms with van der Waals surface area (Å²) in [7, 11) is 0. The van der Waals surface area contributed by atoms with Gasteiger partial charge in [0.1, 0.15) is 11.2 Å². The number of anilines is 3. The quantitative estimate of drug-likeness (QED) is 0.167. The highest BCUT2D eigenvalue weighted by molar-refractivity contribution is 6.16. The van der Waals surface area contributed by atoms with E-state index in [1.165, 1.54) is 83.3 Å². The van der Waals surface area contributed by atoms with E-state index in [1.807, 2.05) is 0 Å². The maximum absolute atomic E-state index is 6.54. The SMILES string of the molecule is c1ccc(-c2ccc(N(c3ccc(-c4ccccc4)cc3)c3cccc(-c4cccc5c4C4(c6ccccc6-5)c5ccccc5-c5c4ccc4oc6ccccc6c54)c3)cc2)cc1. The van der Waals surface area contributed by atoms with Crippen molar-refractivity contribution in [2.75, 3.05) is 4.90 Å². The Morgan fingerprint density at radius 3 is 1.54 bits per heavy atom. The second kappa shape index (κ2) is 13.9. The molecule has 0 saturated carbocycles. The van der Waals surface area contributed by atoms with Crippen molar-refractivity contribution < 1.29 is 4.42 Å². The first-order valence-electron chi connectivity index (χ1n) is 21.8. The number of hydrogen-bond donors (Lipinski definition) is 0. The molecule has 1 spiro atoms. The summed E-state index contributed by atoms with van der Waals surface area (Å²) in [6.45, 7) is 0. The molecular weight excluding hydrogens is 763 g/mol. The van der Waals surface area contributed by atoms with Crippen molar-refractivity contribution >= 4 is 39.0 Å². The minimum absolute atomic E-state index is 0.544. The molecule has 0 N–H and O–H groups in total. The lowest BCUT2D eigenvalue weighted by atomic mass is 9.68. The standard InChI is InChI=1S/C61H39NO/c1-3-15-40(16-4-1)42-29-33-45(34-30-42)62(46-35-31-43(32-36-46)41-17-5-2-6-18-41)47-20-13-19-44(39-47)48-24-14-25-50-49-21-7-10-26-53(49)61(60(48)50)54-27-11-8-22-51(54)58-55(61)37-38-57-59(58)52-23-9-12-28-56(52)63-57/h1-39H. The number of benzene rings is 10. The molecule has 0 saturated heterocycles. The summed E-state index contributed by atoms with van der Waals surface area (Å²) in [6, 6.07) is 86.4. The van der Waals surface area contributed by atoms with Crippen molar-refractivity contribution in [1.82, 2.24) is 0 Å². The monoisotopic (exact) mass is 801 g/mol. The summed E-state index contributed by atoms with van der Waals surface area (Å²) >= 11 is 0. The molecule has 2 aliphatic carbocycles. The van der Waals surface area contributed by atoms with Gasteiger partial charge in [0.15, 0.2) is 0 Å². The van der Waals surface area contributed by atoms with Gasteiger partial charge in [0.2, 0.25) is 0 Å². The lowest BCUT2D eigenvalue weighted by Crippen LogP contribution is -2.26. The van der Waals surface area contributed by atoms with Gasteiger partial charge in [-0.15, -0.1) is 0 Å². The molecular formula is C61H39NO. The highest BCUT2D eigenvalue weighted by Gasteiger charge is 2.53. The fourth-order valence-corrected chi connectivity index (χ4v) is 10.9. The van der Waals surface area contributed by atoms with E-state index in [2.05, 4.69) is 241 Å². The Morgan fingerprint density at radius 2 is 0.841 bits per heavy atom. The molecule has 10 aromatic carbocycles. The van der Waals surface area contributed by atoms with E-state index in [4.69, 9.17) is 4.42 Å². The highest BCUT2D eigenvalue weighted by atomic mass is 16.3. The molecule has 2 aliphatic rings. The second-order valence-corrected chi connectivity index (χ2v) is 16.7. The zero-order chi connectivity index (χ0) is 41.5. The van der Waals surface area contributed by atoms with Crippen LogP contribution in [-0.4, -0.2) is 0 Å². The zero-order valence-electron chi connectivity index (χ0n) is 34.4. The fourth-order valence-electron chi connectivity index (χ4n) is 10.9.